The van der Waals surface area contributed by atoms with E-state index in [1.165, 1.54) is 0 Å². The molecule has 1 saturated heterocycles. The molecular formula is C18H27BO5. The predicted molar refractivity (Wildman–Crippen MR) is 93.8 cm³/mol. The van der Waals surface area contributed by atoms with Crippen molar-refractivity contribution in [1.82, 2.24) is 0 Å². The van der Waals surface area contributed by atoms with Crippen molar-refractivity contribution in [1.29, 1.82) is 0 Å². The Morgan fingerprint density at radius 2 is 1.79 bits per heavy atom. The van der Waals surface area contributed by atoms with E-state index in [1.54, 1.807) is 14.0 Å². The summed E-state index contributed by atoms with van der Waals surface area (Å²) in [6.45, 7) is 12.0. The Morgan fingerprint density at radius 3 is 2.29 bits per heavy atom. The van der Waals surface area contributed by atoms with Crippen LogP contribution in [-0.2, 0) is 18.8 Å². The molecule has 0 saturated carbocycles. The molecule has 5 nitrogen and oxygen atoms in total. The standard InChI is InChI=1S/C18H27BO5/c1-8-22-16(20)12(2)14-10-9-13(21-7)11-15(14)19-23-17(3,4)18(5,6)24-19/h9-12H,8H2,1-7H3. The van der Waals surface area contributed by atoms with Gasteiger partial charge in [-0.25, -0.2) is 0 Å². The molecule has 1 heterocycles. The van der Waals surface area contributed by atoms with Crippen molar-refractivity contribution in [2.45, 2.75) is 58.7 Å². The van der Waals surface area contributed by atoms with Crippen LogP contribution in [0.4, 0.5) is 0 Å². The average molecular weight is 334 g/mol. The molecule has 0 N–H and O–H groups in total. The summed E-state index contributed by atoms with van der Waals surface area (Å²) in [6, 6.07) is 5.58. The van der Waals surface area contributed by atoms with Crippen molar-refractivity contribution in [2.24, 2.45) is 0 Å². The molecule has 1 unspecified atom stereocenters. The molecule has 0 aliphatic carbocycles. The van der Waals surface area contributed by atoms with Gasteiger partial charge >= 0.3 is 13.1 Å². The highest BCUT2D eigenvalue weighted by Crippen LogP contribution is 2.37. The van der Waals surface area contributed by atoms with Gasteiger partial charge < -0.3 is 18.8 Å². The minimum atomic E-state index is -0.558. The minimum Gasteiger partial charge on any atom is -0.497 e. The monoisotopic (exact) mass is 334 g/mol. The van der Waals surface area contributed by atoms with E-state index in [-0.39, 0.29) is 5.97 Å². The van der Waals surface area contributed by atoms with Gasteiger partial charge in [-0.15, -0.1) is 0 Å². The Hall–Kier alpha value is -1.53. The maximum Gasteiger partial charge on any atom is 0.495 e. The van der Waals surface area contributed by atoms with Gasteiger partial charge in [-0.1, -0.05) is 6.07 Å². The van der Waals surface area contributed by atoms with Gasteiger partial charge in [0.25, 0.3) is 0 Å². The summed E-state index contributed by atoms with van der Waals surface area (Å²) in [5.74, 6) is 0.0184. The number of ether oxygens (including phenoxy) is 2. The zero-order valence-electron chi connectivity index (χ0n) is 15.6. The fraction of sp³-hybridized carbons (Fsp3) is 0.611. The van der Waals surface area contributed by atoms with Crippen LogP contribution in [0.2, 0.25) is 0 Å². The molecule has 1 fully saturated rings. The van der Waals surface area contributed by atoms with Gasteiger partial charge in [0.15, 0.2) is 0 Å². The van der Waals surface area contributed by atoms with Gasteiger partial charge in [0.1, 0.15) is 5.75 Å². The molecule has 1 aromatic rings. The van der Waals surface area contributed by atoms with E-state index in [1.807, 2.05) is 52.8 Å². The Bertz CT molecular complexity index is 595. The minimum absolute atomic E-state index is 0.263. The summed E-state index contributed by atoms with van der Waals surface area (Å²) in [4.78, 5) is 12.2. The van der Waals surface area contributed by atoms with E-state index < -0.39 is 24.2 Å². The fourth-order valence-electron chi connectivity index (χ4n) is 2.64. The number of carbonyl (C=O) groups is 1. The zero-order chi connectivity index (χ0) is 18.1. The van der Waals surface area contributed by atoms with Crippen LogP contribution in [0.1, 0.15) is 53.0 Å². The van der Waals surface area contributed by atoms with Crippen molar-refractivity contribution in [2.75, 3.05) is 13.7 Å². The Morgan fingerprint density at radius 1 is 1.21 bits per heavy atom. The number of methoxy groups -OCH3 is 1. The number of benzene rings is 1. The molecule has 0 aromatic heterocycles. The topological polar surface area (TPSA) is 54.0 Å². The Kier molecular flexibility index (Phi) is 5.30. The summed E-state index contributed by atoms with van der Waals surface area (Å²) >= 11 is 0. The summed E-state index contributed by atoms with van der Waals surface area (Å²) in [6.07, 6.45) is 0. The normalized spacial score (nSPS) is 19.9. The number of hydrogen-bond acceptors (Lipinski definition) is 5. The molecule has 1 aliphatic heterocycles. The zero-order valence-corrected chi connectivity index (χ0v) is 15.6. The van der Waals surface area contributed by atoms with E-state index in [0.717, 1.165) is 11.0 Å². The summed E-state index contributed by atoms with van der Waals surface area (Å²) in [7, 11) is 1.05. The van der Waals surface area contributed by atoms with E-state index in [2.05, 4.69) is 0 Å². The number of carbonyl (C=O) groups excluding carboxylic acids is 1. The summed E-state index contributed by atoms with van der Waals surface area (Å²) in [5.41, 5.74) is 0.720. The van der Waals surface area contributed by atoms with Gasteiger partial charge in [0.05, 0.1) is 30.8 Å². The van der Waals surface area contributed by atoms with Crippen LogP contribution in [0.15, 0.2) is 18.2 Å². The first-order valence-corrected chi connectivity index (χ1v) is 8.33. The number of rotatable bonds is 5. The van der Waals surface area contributed by atoms with Gasteiger partial charge in [0.2, 0.25) is 0 Å². The Balaban J connectivity index is 2.43. The smallest absolute Gasteiger partial charge is 0.495 e. The van der Waals surface area contributed by atoms with E-state index >= 15 is 0 Å². The van der Waals surface area contributed by atoms with Crippen molar-refractivity contribution >= 4 is 18.6 Å². The lowest BCUT2D eigenvalue weighted by Gasteiger charge is -2.32. The van der Waals surface area contributed by atoms with Crippen LogP contribution in [0, 0.1) is 0 Å². The van der Waals surface area contributed by atoms with Crippen molar-refractivity contribution in [3.8, 4) is 5.75 Å². The van der Waals surface area contributed by atoms with E-state index in [9.17, 15) is 4.79 Å². The molecule has 0 radical (unpaired) electrons. The second kappa shape index (κ2) is 6.77. The average Bonchev–Trinajstić information content (AvgIpc) is 2.74. The van der Waals surface area contributed by atoms with E-state index in [0.29, 0.717) is 12.4 Å². The lowest BCUT2D eigenvalue weighted by molar-refractivity contribution is -0.144. The molecule has 132 valence electrons. The molecule has 1 aliphatic rings. The van der Waals surface area contributed by atoms with Crippen LogP contribution in [0.25, 0.3) is 0 Å². The molecule has 2 rings (SSSR count). The SMILES string of the molecule is CCOC(=O)C(C)c1ccc(OC)cc1B1OC(C)(C)C(C)(C)O1. The van der Waals surface area contributed by atoms with Crippen LogP contribution in [0.5, 0.6) is 5.75 Å². The third kappa shape index (κ3) is 3.45. The molecule has 0 amide bonds. The molecule has 0 bridgehead atoms. The molecular weight excluding hydrogens is 307 g/mol. The van der Waals surface area contributed by atoms with Crippen molar-refractivity contribution in [3.05, 3.63) is 23.8 Å². The van der Waals surface area contributed by atoms with Gasteiger partial charge in [-0.05, 0) is 64.7 Å². The maximum absolute atomic E-state index is 12.2. The van der Waals surface area contributed by atoms with Crippen LogP contribution in [0.3, 0.4) is 0 Å². The lowest BCUT2D eigenvalue weighted by Crippen LogP contribution is -2.41. The second-order valence-electron chi connectivity index (χ2n) is 7.06. The van der Waals surface area contributed by atoms with Gasteiger partial charge in [0, 0.05) is 0 Å². The van der Waals surface area contributed by atoms with Gasteiger partial charge in [-0.2, -0.15) is 0 Å². The second-order valence-corrected chi connectivity index (χ2v) is 7.06. The first kappa shape index (κ1) is 18.8. The van der Waals surface area contributed by atoms with Crippen LogP contribution in [-0.4, -0.2) is 38.0 Å². The molecule has 24 heavy (non-hydrogen) atoms. The highest BCUT2D eigenvalue weighted by molar-refractivity contribution is 6.62. The first-order valence-electron chi connectivity index (χ1n) is 8.33. The first-order chi connectivity index (χ1) is 11.1. The lowest BCUT2D eigenvalue weighted by atomic mass is 9.73. The third-order valence-corrected chi connectivity index (χ3v) is 4.91. The Labute approximate surface area is 144 Å². The maximum atomic E-state index is 12.2. The highest BCUT2D eigenvalue weighted by Gasteiger charge is 2.52. The van der Waals surface area contributed by atoms with E-state index in [4.69, 9.17) is 18.8 Å². The largest absolute Gasteiger partial charge is 0.497 e. The van der Waals surface area contributed by atoms with Gasteiger partial charge in [-0.3, -0.25) is 4.79 Å². The number of esters is 1. The number of hydrogen-bond donors (Lipinski definition) is 0. The van der Waals surface area contributed by atoms with Crippen molar-refractivity contribution in [3.63, 3.8) is 0 Å². The molecule has 1 atom stereocenters. The van der Waals surface area contributed by atoms with Crippen LogP contribution < -0.4 is 10.2 Å². The molecule has 6 heteroatoms. The fourth-order valence-corrected chi connectivity index (χ4v) is 2.64. The summed E-state index contributed by atoms with van der Waals surface area (Å²) in [5, 5.41) is 0. The quantitative estimate of drug-likeness (QED) is 0.612. The van der Waals surface area contributed by atoms with Crippen molar-refractivity contribution < 1.29 is 23.6 Å². The van der Waals surface area contributed by atoms with Crippen LogP contribution >= 0.6 is 0 Å². The third-order valence-electron chi connectivity index (χ3n) is 4.91. The molecule has 1 aromatic carbocycles. The highest BCUT2D eigenvalue weighted by atomic mass is 16.7. The predicted octanol–water partition coefficient (Wildman–Crippen LogP) is 2.66. The summed E-state index contributed by atoms with van der Waals surface area (Å²) < 4.78 is 22.8. The molecule has 0 spiro atoms.